The number of thiophene rings is 1. The molecular weight excluding hydrogens is 384 g/mol. The van der Waals surface area contributed by atoms with Crippen LogP contribution in [0.2, 0.25) is 0 Å². The van der Waals surface area contributed by atoms with Crippen LogP contribution in [0, 0.1) is 0 Å². The van der Waals surface area contributed by atoms with Gasteiger partial charge in [0.05, 0.1) is 17.7 Å². The van der Waals surface area contributed by atoms with Crippen molar-refractivity contribution in [2.75, 3.05) is 6.54 Å². The van der Waals surface area contributed by atoms with E-state index < -0.39 is 0 Å². The lowest BCUT2D eigenvalue weighted by Crippen LogP contribution is -2.35. The molecule has 3 aromatic rings. The first kappa shape index (κ1) is 17.8. The number of hydrogen-bond acceptors (Lipinski definition) is 4. The molecule has 0 saturated carbocycles. The first-order valence-electron chi connectivity index (χ1n) is 9.50. The second-order valence-electron chi connectivity index (χ2n) is 7.28. The van der Waals surface area contributed by atoms with Crippen molar-refractivity contribution < 1.29 is 14.4 Å². The standard InChI is InChI=1S/C23H18N2O3S/c26-21(24-11-9-20-17(14-24)10-12-29-20)16-7-5-15(6-8-16)13-25-22(27)18-3-1-2-4-19(18)23(25)28/h1-8,10,12H,9,11,13-14H2. The van der Waals surface area contributed by atoms with E-state index in [1.807, 2.05) is 17.0 Å². The molecule has 5 nitrogen and oxygen atoms in total. The Morgan fingerprint density at radius 2 is 1.62 bits per heavy atom. The number of rotatable bonds is 3. The van der Waals surface area contributed by atoms with Gasteiger partial charge >= 0.3 is 0 Å². The maximum atomic E-state index is 12.9. The van der Waals surface area contributed by atoms with Gasteiger partial charge in [0.15, 0.2) is 0 Å². The molecule has 0 radical (unpaired) electrons. The van der Waals surface area contributed by atoms with E-state index in [4.69, 9.17) is 0 Å². The van der Waals surface area contributed by atoms with Crippen LogP contribution in [0.3, 0.4) is 0 Å². The molecule has 2 aliphatic rings. The van der Waals surface area contributed by atoms with Crippen molar-refractivity contribution in [2.45, 2.75) is 19.5 Å². The van der Waals surface area contributed by atoms with Crippen LogP contribution in [0.1, 0.15) is 47.1 Å². The summed E-state index contributed by atoms with van der Waals surface area (Å²) in [7, 11) is 0. The largest absolute Gasteiger partial charge is 0.334 e. The Hall–Kier alpha value is -3.25. The average Bonchev–Trinajstić information content (AvgIpc) is 3.32. The van der Waals surface area contributed by atoms with E-state index in [0.717, 1.165) is 18.5 Å². The Morgan fingerprint density at radius 3 is 2.31 bits per heavy atom. The second kappa shape index (κ2) is 6.97. The van der Waals surface area contributed by atoms with Crippen LogP contribution in [0.4, 0.5) is 0 Å². The van der Waals surface area contributed by atoms with Crippen molar-refractivity contribution >= 4 is 29.1 Å². The molecule has 0 N–H and O–H groups in total. The molecule has 0 spiro atoms. The topological polar surface area (TPSA) is 57.7 Å². The van der Waals surface area contributed by atoms with Gasteiger partial charge in [-0.2, -0.15) is 0 Å². The molecule has 0 unspecified atom stereocenters. The van der Waals surface area contributed by atoms with Crippen LogP contribution in [0.15, 0.2) is 60.0 Å². The average molecular weight is 402 g/mol. The number of carbonyl (C=O) groups is 3. The highest BCUT2D eigenvalue weighted by Crippen LogP contribution is 2.26. The number of amides is 3. The summed E-state index contributed by atoms with van der Waals surface area (Å²) in [6, 6.07) is 16.1. The molecule has 1 aromatic heterocycles. The Labute approximate surface area is 172 Å². The first-order valence-corrected chi connectivity index (χ1v) is 10.4. The van der Waals surface area contributed by atoms with Gasteiger partial charge in [0.25, 0.3) is 17.7 Å². The van der Waals surface area contributed by atoms with Crippen molar-refractivity contribution in [1.29, 1.82) is 0 Å². The van der Waals surface area contributed by atoms with Gasteiger partial charge in [0.1, 0.15) is 0 Å². The van der Waals surface area contributed by atoms with Crippen LogP contribution >= 0.6 is 11.3 Å². The summed E-state index contributed by atoms with van der Waals surface area (Å²) in [6.45, 7) is 1.57. The molecule has 0 fully saturated rings. The molecule has 0 saturated heterocycles. The van der Waals surface area contributed by atoms with E-state index in [0.29, 0.717) is 23.2 Å². The molecule has 3 amide bonds. The Morgan fingerprint density at radius 1 is 0.931 bits per heavy atom. The van der Waals surface area contributed by atoms with Gasteiger partial charge in [0, 0.05) is 23.5 Å². The van der Waals surface area contributed by atoms with Crippen LogP contribution in [-0.2, 0) is 19.5 Å². The molecule has 2 aliphatic heterocycles. The number of nitrogens with zero attached hydrogens (tertiary/aromatic N) is 2. The van der Waals surface area contributed by atoms with Crippen molar-refractivity contribution in [1.82, 2.24) is 9.80 Å². The van der Waals surface area contributed by atoms with Gasteiger partial charge in [-0.1, -0.05) is 24.3 Å². The van der Waals surface area contributed by atoms with E-state index in [1.165, 1.54) is 15.3 Å². The number of benzene rings is 2. The van der Waals surface area contributed by atoms with E-state index in [9.17, 15) is 14.4 Å². The molecule has 0 bridgehead atoms. The fourth-order valence-corrected chi connectivity index (χ4v) is 4.81. The van der Waals surface area contributed by atoms with Gasteiger partial charge < -0.3 is 4.90 Å². The summed E-state index contributed by atoms with van der Waals surface area (Å²) in [5.74, 6) is -0.537. The molecule has 0 aliphatic carbocycles. The summed E-state index contributed by atoms with van der Waals surface area (Å²) in [5.41, 5.74) is 3.56. The van der Waals surface area contributed by atoms with Crippen LogP contribution in [0.25, 0.3) is 0 Å². The third-order valence-electron chi connectivity index (χ3n) is 5.51. The quantitative estimate of drug-likeness (QED) is 0.627. The minimum Gasteiger partial charge on any atom is -0.334 e. The zero-order valence-electron chi connectivity index (χ0n) is 15.6. The Kier molecular flexibility index (Phi) is 4.28. The van der Waals surface area contributed by atoms with Crippen LogP contribution in [0.5, 0.6) is 0 Å². The third-order valence-corrected chi connectivity index (χ3v) is 6.54. The molecule has 5 rings (SSSR count). The predicted molar refractivity (Wildman–Crippen MR) is 110 cm³/mol. The van der Waals surface area contributed by atoms with Crippen molar-refractivity contribution in [3.63, 3.8) is 0 Å². The van der Waals surface area contributed by atoms with Crippen molar-refractivity contribution in [3.05, 3.63) is 92.7 Å². The monoisotopic (exact) mass is 402 g/mol. The van der Waals surface area contributed by atoms with E-state index in [2.05, 4.69) is 11.4 Å². The molecule has 0 atom stereocenters. The van der Waals surface area contributed by atoms with Crippen LogP contribution in [-0.4, -0.2) is 34.1 Å². The zero-order valence-corrected chi connectivity index (χ0v) is 16.4. The Bertz CT molecular complexity index is 1100. The first-order chi connectivity index (χ1) is 14.1. The molecule has 144 valence electrons. The SMILES string of the molecule is O=C(c1ccc(CN2C(=O)c3ccccc3C2=O)cc1)N1CCc2sccc2C1. The van der Waals surface area contributed by atoms with Gasteiger partial charge in [-0.05, 0) is 53.3 Å². The summed E-state index contributed by atoms with van der Waals surface area (Å²) in [6.07, 6.45) is 0.899. The van der Waals surface area contributed by atoms with Gasteiger partial charge in [0.2, 0.25) is 0 Å². The van der Waals surface area contributed by atoms with E-state index in [1.54, 1.807) is 47.7 Å². The lowest BCUT2D eigenvalue weighted by Gasteiger charge is -2.27. The molecule has 6 heteroatoms. The molecule has 2 aromatic carbocycles. The molecule has 29 heavy (non-hydrogen) atoms. The normalized spacial score (nSPS) is 15.4. The molecule has 3 heterocycles. The van der Waals surface area contributed by atoms with Crippen molar-refractivity contribution in [2.24, 2.45) is 0 Å². The van der Waals surface area contributed by atoms with E-state index >= 15 is 0 Å². The lowest BCUT2D eigenvalue weighted by atomic mass is 10.1. The summed E-state index contributed by atoms with van der Waals surface area (Å²) in [5, 5.41) is 2.08. The highest BCUT2D eigenvalue weighted by Gasteiger charge is 2.35. The molecular formula is C23H18N2O3S. The maximum absolute atomic E-state index is 12.9. The number of fused-ring (bicyclic) bond motifs is 2. The van der Waals surface area contributed by atoms with Crippen molar-refractivity contribution in [3.8, 4) is 0 Å². The Balaban J connectivity index is 1.29. The van der Waals surface area contributed by atoms with Gasteiger partial charge in [-0.15, -0.1) is 11.3 Å². The van der Waals surface area contributed by atoms with Gasteiger partial charge in [-0.3, -0.25) is 19.3 Å². The zero-order chi connectivity index (χ0) is 20.0. The smallest absolute Gasteiger partial charge is 0.261 e. The highest BCUT2D eigenvalue weighted by atomic mass is 32.1. The fraction of sp³-hybridized carbons (Fsp3) is 0.174. The number of imide groups is 1. The number of carbonyl (C=O) groups excluding carboxylic acids is 3. The summed E-state index contributed by atoms with van der Waals surface area (Å²) in [4.78, 5) is 42.4. The number of hydrogen-bond donors (Lipinski definition) is 0. The van der Waals surface area contributed by atoms with E-state index in [-0.39, 0.29) is 24.3 Å². The summed E-state index contributed by atoms with van der Waals surface area (Å²) < 4.78 is 0. The summed E-state index contributed by atoms with van der Waals surface area (Å²) >= 11 is 1.75. The maximum Gasteiger partial charge on any atom is 0.261 e. The third kappa shape index (κ3) is 3.06. The van der Waals surface area contributed by atoms with Crippen LogP contribution < -0.4 is 0 Å². The van der Waals surface area contributed by atoms with Gasteiger partial charge in [-0.25, -0.2) is 0 Å². The lowest BCUT2D eigenvalue weighted by molar-refractivity contribution is 0.0640. The fourth-order valence-electron chi connectivity index (χ4n) is 3.92. The minimum absolute atomic E-state index is 0.00845. The highest BCUT2D eigenvalue weighted by molar-refractivity contribution is 7.10. The predicted octanol–water partition coefficient (Wildman–Crippen LogP) is 3.74. The minimum atomic E-state index is -0.273. The second-order valence-corrected chi connectivity index (χ2v) is 8.29.